The van der Waals surface area contributed by atoms with Crippen molar-refractivity contribution in [2.45, 2.75) is 38.1 Å². The van der Waals surface area contributed by atoms with Gasteiger partial charge in [0.15, 0.2) is 0 Å². The van der Waals surface area contributed by atoms with E-state index in [-0.39, 0.29) is 0 Å². The molecule has 2 unspecified atom stereocenters. The molecule has 1 fully saturated rings. The third-order valence-corrected chi connectivity index (χ3v) is 3.40. The molecule has 3 nitrogen and oxygen atoms in total. The zero-order chi connectivity index (χ0) is 11.1. The molecule has 1 saturated carbocycles. The third-order valence-electron chi connectivity index (χ3n) is 3.40. The normalized spacial score (nSPS) is 27.2. The maximum atomic E-state index is 5.80. The molecule has 0 bridgehead atoms. The fourth-order valence-electron chi connectivity index (χ4n) is 2.44. The molecule has 3 heteroatoms. The standard InChI is InChI=1S/C12H27N3/c1-15(2)9-5-8-14-12-7-4-3-6-11(12)10-13/h11-12,14H,3-10,13H2,1-2H3. The number of hydrogen-bond acceptors (Lipinski definition) is 3. The minimum Gasteiger partial charge on any atom is -0.330 e. The third kappa shape index (κ3) is 4.96. The number of nitrogens with two attached hydrogens (primary N) is 1. The SMILES string of the molecule is CN(C)CCCNC1CCCCC1CN. The van der Waals surface area contributed by atoms with Crippen molar-refractivity contribution in [3.05, 3.63) is 0 Å². The summed E-state index contributed by atoms with van der Waals surface area (Å²) in [5.41, 5.74) is 5.80. The van der Waals surface area contributed by atoms with Crippen molar-refractivity contribution in [1.82, 2.24) is 10.2 Å². The Morgan fingerprint density at radius 3 is 2.67 bits per heavy atom. The van der Waals surface area contributed by atoms with Gasteiger partial charge in [0, 0.05) is 6.04 Å². The van der Waals surface area contributed by atoms with Gasteiger partial charge in [-0.05, 0) is 58.9 Å². The van der Waals surface area contributed by atoms with E-state index in [0.29, 0.717) is 6.04 Å². The molecule has 0 aromatic heterocycles. The average molecular weight is 213 g/mol. The molecule has 1 aliphatic rings. The highest BCUT2D eigenvalue weighted by molar-refractivity contribution is 4.81. The first kappa shape index (κ1) is 12.9. The summed E-state index contributed by atoms with van der Waals surface area (Å²) in [5.74, 6) is 0.720. The number of nitrogens with one attached hydrogen (secondary N) is 1. The summed E-state index contributed by atoms with van der Waals surface area (Å²) in [5, 5.41) is 3.67. The van der Waals surface area contributed by atoms with Crippen LogP contribution in [0.15, 0.2) is 0 Å². The Hall–Kier alpha value is -0.120. The van der Waals surface area contributed by atoms with Gasteiger partial charge in [0.05, 0.1) is 0 Å². The second-order valence-corrected chi connectivity index (χ2v) is 5.00. The van der Waals surface area contributed by atoms with Crippen LogP contribution in [0.3, 0.4) is 0 Å². The summed E-state index contributed by atoms with van der Waals surface area (Å²) >= 11 is 0. The molecule has 1 rings (SSSR count). The average Bonchev–Trinajstić information content (AvgIpc) is 2.24. The molecule has 15 heavy (non-hydrogen) atoms. The van der Waals surface area contributed by atoms with Crippen molar-refractivity contribution in [2.75, 3.05) is 33.7 Å². The summed E-state index contributed by atoms with van der Waals surface area (Å²) in [6.07, 6.45) is 6.63. The van der Waals surface area contributed by atoms with Crippen molar-refractivity contribution >= 4 is 0 Å². The van der Waals surface area contributed by atoms with Crippen LogP contribution in [0.25, 0.3) is 0 Å². The quantitative estimate of drug-likeness (QED) is 0.648. The monoisotopic (exact) mass is 213 g/mol. The maximum absolute atomic E-state index is 5.80. The van der Waals surface area contributed by atoms with Crippen molar-refractivity contribution in [3.63, 3.8) is 0 Å². The van der Waals surface area contributed by atoms with Crippen LogP contribution < -0.4 is 11.1 Å². The fourth-order valence-corrected chi connectivity index (χ4v) is 2.44. The molecular weight excluding hydrogens is 186 g/mol. The van der Waals surface area contributed by atoms with E-state index in [9.17, 15) is 0 Å². The summed E-state index contributed by atoms with van der Waals surface area (Å²) in [6, 6.07) is 0.686. The zero-order valence-corrected chi connectivity index (χ0v) is 10.3. The van der Waals surface area contributed by atoms with Crippen molar-refractivity contribution in [1.29, 1.82) is 0 Å². The molecule has 0 saturated heterocycles. The van der Waals surface area contributed by atoms with Gasteiger partial charge in [-0.25, -0.2) is 0 Å². The van der Waals surface area contributed by atoms with E-state index >= 15 is 0 Å². The molecule has 0 aromatic rings. The first-order valence-corrected chi connectivity index (χ1v) is 6.32. The molecule has 0 spiro atoms. The predicted octanol–water partition coefficient (Wildman–Crippen LogP) is 1.05. The van der Waals surface area contributed by atoms with Gasteiger partial charge in [0.1, 0.15) is 0 Å². The van der Waals surface area contributed by atoms with E-state index in [0.717, 1.165) is 19.0 Å². The Balaban J connectivity index is 2.12. The summed E-state index contributed by atoms with van der Waals surface area (Å²) in [4.78, 5) is 2.24. The first-order valence-electron chi connectivity index (χ1n) is 6.32. The van der Waals surface area contributed by atoms with Gasteiger partial charge in [-0.2, -0.15) is 0 Å². The van der Waals surface area contributed by atoms with Gasteiger partial charge >= 0.3 is 0 Å². The predicted molar refractivity (Wildman–Crippen MR) is 66.0 cm³/mol. The number of nitrogens with zero attached hydrogens (tertiary/aromatic N) is 1. The second-order valence-electron chi connectivity index (χ2n) is 5.00. The van der Waals surface area contributed by atoms with E-state index in [1.807, 2.05) is 0 Å². The topological polar surface area (TPSA) is 41.3 Å². The van der Waals surface area contributed by atoms with E-state index in [1.54, 1.807) is 0 Å². The molecule has 1 aliphatic carbocycles. The maximum Gasteiger partial charge on any atom is 0.0107 e. The van der Waals surface area contributed by atoms with E-state index in [1.165, 1.54) is 38.6 Å². The molecule has 0 heterocycles. The van der Waals surface area contributed by atoms with Crippen LogP contribution in [-0.2, 0) is 0 Å². The Labute approximate surface area is 94.4 Å². The lowest BCUT2D eigenvalue weighted by Gasteiger charge is -2.31. The lowest BCUT2D eigenvalue weighted by Crippen LogP contribution is -2.42. The highest BCUT2D eigenvalue weighted by Crippen LogP contribution is 2.23. The minimum atomic E-state index is 0.686. The summed E-state index contributed by atoms with van der Waals surface area (Å²) in [7, 11) is 4.26. The number of hydrogen-bond donors (Lipinski definition) is 2. The molecule has 0 aromatic carbocycles. The summed E-state index contributed by atoms with van der Waals surface area (Å²) < 4.78 is 0. The van der Waals surface area contributed by atoms with Crippen molar-refractivity contribution < 1.29 is 0 Å². The molecule has 3 N–H and O–H groups in total. The van der Waals surface area contributed by atoms with Crippen LogP contribution in [0.4, 0.5) is 0 Å². The largest absolute Gasteiger partial charge is 0.330 e. The fraction of sp³-hybridized carbons (Fsp3) is 1.00. The van der Waals surface area contributed by atoms with Gasteiger partial charge in [0.2, 0.25) is 0 Å². The molecule has 2 atom stereocenters. The van der Waals surface area contributed by atoms with Gasteiger partial charge in [-0.15, -0.1) is 0 Å². The van der Waals surface area contributed by atoms with Crippen LogP contribution in [0.1, 0.15) is 32.1 Å². The van der Waals surface area contributed by atoms with Gasteiger partial charge < -0.3 is 16.0 Å². The van der Waals surface area contributed by atoms with Crippen LogP contribution in [0.5, 0.6) is 0 Å². The highest BCUT2D eigenvalue weighted by atomic mass is 15.1. The van der Waals surface area contributed by atoms with Crippen LogP contribution >= 0.6 is 0 Å². The Morgan fingerprint density at radius 1 is 1.27 bits per heavy atom. The molecule has 0 radical (unpaired) electrons. The van der Waals surface area contributed by atoms with E-state index < -0.39 is 0 Å². The minimum absolute atomic E-state index is 0.686. The number of rotatable bonds is 6. The van der Waals surface area contributed by atoms with Crippen molar-refractivity contribution in [2.24, 2.45) is 11.7 Å². The smallest absolute Gasteiger partial charge is 0.0107 e. The van der Waals surface area contributed by atoms with E-state index in [2.05, 4.69) is 24.3 Å². The van der Waals surface area contributed by atoms with Crippen LogP contribution in [-0.4, -0.2) is 44.7 Å². The molecular formula is C12H27N3. The van der Waals surface area contributed by atoms with Gasteiger partial charge in [-0.1, -0.05) is 12.8 Å². The lowest BCUT2D eigenvalue weighted by molar-refractivity contribution is 0.264. The van der Waals surface area contributed by atoms with Crippen molar-refractivity contribution in [3.8, 4) is 0 Å². The van der Waals surface area contributed by atoms with Crippen LogP contribution in [0, 0.1) is 5.92 Å². The van der Waals surface area contributed by atoms with E-state index in [4.69, 9.17) is 5.73 Å². The molecule has 0 amide bonds. The Morgan fingerprint density at radius 2 is 2.00 bits per heavy atom. The summed E-state index contributed by atoms with van der Waals surface area (Å²) in [6.45, 7) is 3.16. The van der Waals surface area contributed by atoms with Gasteiger partial charge in [-0.3, -0.25) is 0 Å². The second kappa shape index (κ2) is 7.20. The Kier molecular flexibility index (Phi) is 6.22. The molecule has 0 aliphatic heterocycles. The van der Waals surface area contributed by atoms with Crippen LogP contribution in [0.2, 0.25) is 0 Å². The zero-order valence-electron chi connectivity index (χ0n) is 10.3. The first-order chi connectivity index (χ1) is 7.24. The van der Waals surface area contributed by atoms with Gasteiger partial charge in [0.25, 0.3) is 0 Å². The Bertz CT molecular complexity index is 159. The molecule has 90 valence electrons. The highest BCUT2D eigenvalue weighted by Gasteiger charge is 2.22. The lowest BCUT2D eigenvalue weighted by atomic mass is 9.84.